The summed E-state index contributed by atoms with van der Waals surface area (Å²) in [5, 5.41) is 8.53. The fraction of sp³-hybridized carbons (Fsp3) is 0.385. The summed E-state index contributed by atoms with van der Waals surface area (Å²) in [5.74, 6) is 2.23. The molecule has 3 nitrogen and oxygen atoms in total. The molecule has 94 valence electrons. The summed E-state index contributed by atoms with van der Waals surface area (Å²) in [6.07, 6.45) is 2.40. The van der Waals surface area contributed by atoms with Crippen molar-refractivity contribution in [3.8, 4) is 11.4 Å². The van der Waals surface area contributed by atoms with Crippen LogP contribution in [0.5, 0.6) is 0 Å². The molecule has 1 aliphatic carbocycles. The van der Waals surface area contributed by atoms with Gasteiger partial charge in [0.05, 0.1) is 5.88 Å². The van der Waals surface area contributed by atoms with E-state index in [1.807, 2.05) is 6.07 Å². The van der Waals surface area contributed by atoms with Crippen LogP contribution in [0.15, 0.2) is 22.7 Å². The largest absolute Gasteiger partial charge is 0.307 e. The zero-order chi connectivity index (χ0) is 12.7. The van der Waals surface area contributed by atoms with E-state index < -0.39 is 0 Å². The molecular weight excluding hydrogens is 314 g/mol. The highest BCUT2D eigenvalue weighted by Crippen LogP contribution is 2.39. The average molecular weight is 327 g/mol. The predicted octanol–water partition coefficient (Wildman–Crippen LogP) is 4.09. The van der Waals surface area contributed by atoms with Crippen LogP contribution in [-0.2, 0) is 5.88 Å². The third-order valence-corrected chi connectivity index (χ3v) is 3.96. The minimum Gasteiger partial charge on any atom is -0.307 e. The smallest absolute Gasteiger partial charge is 0.164 e. The first kappa shape index (κ1) is 12.2. The van der Waals surface area contributed by atoms with Crippen LogP contribution in [0, 0.1) is 6.92 Å². The lowest BCUT2D eigenvalue weighted by Gasteiger charge is -2.10. The standard InChI is InChI=1S/C13H13BrClN3/c1-8-6-9(14)2-5-11(8)13-17-16-12(7-15)18(13)10-3-4-10/h2,5-6,10H,3-4,7H2,1H3. The van der Waals surface area contributed by atoms with Crippen molar-refractivity contribution in [3.63, 3.8) is 0 Å². The Hall–Kier alpha value is -0.870. The van der Waals surface area contributed by atoms with Gasteiger partial charge in [0.2, 0.25) is 0 Å². The molecule has 5 heteroatoms. The Kier molecular flexibility index (Phi) is 3.16. The van der Waals surface area contributed by atoms with Crippen molar-refractivity contribution in [1.29, 1.82) is 0 Å². The minimum atomic E-state index is 0.416. The fourth-order valence-corrected chi connectivity index (χ4v) is 2.85. The Morgan fingerprint density at radius 1 is 1.39 bits per heavy atom. The van der Waals surface area contributed by atoms with Crippen LogP contribution < -0.4 is 0 Å². The van der Waals surface area contributed by atoms with Crippen molar-refractivity contribution >= 4 is 27.5 Å². The second-order valence-corrected chi connectivity index (χ2v) is 5.82. The molecule has 1 fully saturated rings. The number of nitrogens with zero attached hydrogens (tertiary/aromatic N) is 3. The summed E-state index contributed by atoms with van der Waals surface area (Å²) >= 11 is 9.42. The maximum atomic E-state index is 5.94. The Bertz CT molecular complexity index is 590. The molecule has 2 aromatic rings. The van der Waals surface area contributed by atoms with Gasteiger partial charge < -0.3 is 4.57 Å². The van der Waals surface area contributed by atoms with E-state index in [2.05, 4.69) is 49.8 Å². The summed E-state index contributed by atoms with van der Waals surface area (Å²) in [5.41, 5.74) is 2.33. The molecule has 0 N–H and O–H groups in total. The lowest BCUT2D eigenvalue weighted by Crippen LogP contribution is -2.02. The zero-order valence-corrected chi connectivity index (χ0v) is 12.4. The molecule has 0 aliphatic heterocycles. The quantitative estimate of drug-likeness (QED) is 0.795. The summed E-state index contributed by atoms with van der Waals surface area (Å²) in [4.78, 5) is 0. The van der Waals surface area contributed by atoms with Crippen molar-refractivity contribution in [2.24, 2.45) is 0 Å². The Labute approximate surface area is 119 Å². The lowest BCUT2D eigenvalue weighted by molar-refractivity contribution is 0.711. The monoisotopic (exact) mass is 325 g/mol. The van der Waals surface area contributed by atoms with Crippen molar-refractivity contribution in [3.05, 3.63) is 34.1 Å². The average Bonchev–Trinajstić information content (AvgIpc) is 3.09. The van der Waals surface area contributed by atoms with Crippen LogP contribution in [0.4, 0.5) is 0 Å². The highest BCUT2D eigenvalue weighted by Gasteiger charge is 2.29. The normalized spacial score (nSPS) is 15.1. The number of halogens is 2. The zero-order valence-electron chi connectivity index (χ0n) is 10.0. The second kappa shape index (κ2) is 4.67. The predicted molar refractivity (Wildman–Crippen MR) is 75.7 cm³/mol. The summed E-state index contributed by atoms with van der Waals surface area (Å²) in [6.45, 7) is 2.09. The topological polar surface area (TPSA) is 30.7 Å². The Morgan fingerprint density at radius 2 is 2.17 bits per heavy atom. The van der Waals surface area contributed by atoms with Crippen LogP contribution in [0.1, 0.15) is 30.3 Å². The summed E-state index contributed by atoms with van der Waals surface area (Å²) in [7, 11) is 0. The Morgan fingerprint density at radius 3 is 2.78 bits per heavy atom. The second-order valence-electron chi connectivity index (χ2n) is 4.63. The maximum Gasteiger partial charge on any atom is 0.164 e. The van der Waals surface area contributed by atoms with Gasteiger partial charge in [-0.05, 0) is 43.5 Å². The number of aryl methyl sites for hydroxylation is 1. The van der Waals surface area contributed by atoms with Crippen LogP contribution in [0.2, 0.25) is 0 Å². The Balaban J connectivity index is 2.13. The van der Waals surface area contributed by atoms with Gasteiger partial charge in [0.25, 0.3) is 0 Å². The van der Waals surface area contributed by atoms with E-state index in [-0.39, 0.29) is 0 Å². The molecule has 18 heavy (non-hydrogen) atoms. The van der Waals surface area contributed by atoms with Gasteiger partial charge in [-0.15, -0.1) is 21.8 Å². The first-order valence-corrected chi connectivity index (χ1v) is 7.29. The molecule has 1 heterocycles. The number of hydrogen-bond acceptors (Lipinski definition) is 2. The van der Waals surface area contributed by atoms with Gasteiger partial charge >= 0.3 is 0 Å². The molecule has 1 aromatic heterocycles. The SMILES string of the molecule is Cc1cc(Br)ccc1-c1nnc(CCl)n1C1CC1. The molecule has 0 amide bonds. The van der Waals surface area contributed by atoms with Gasteiger partial charge in [0, 0.05) is 16.1 Å². The number of rotatable bonds is 3. The molecule has 1 aromatic carbocycles. The van der Waals surface area contributed by atoms with E-state index in [0.717, 1.165) is 21.7 Å². The number of aromatic nitrogens is 3. The minimum absolute atomic E-state index is 0.416. The molecule has 0 radical (unpaired) electrons. The molecule has 0 spiro atoms. The molecule has 1 saturated carbocycles. The van der Waals surface area contributed by atoms with Gasteiger partial charge in [0.15, 0.2) is 5.82 Å². The van der Waals surface area contributed by atoms with Crippen molar-refractivity contribution in [2.75, 3.05) is 0 Å². The van der Waals surface area contributed by atoms with E-state index in [9.17, 15) is 0 Å². The molecule has 0 saturated heterocycles. The van der Waals surface area contributed by atoms with Crippen molar-refractivity contribution in [2.45, 2.75) is 31.7 Å². The van der Waals surface area contributed by atoms with Crippen molar-refractivity contribution in [1.82, 2.24) is 14.8 Å². The van der Waals surface area contributed by atoms with Crippen LogP contribution in [0.3, 0.4) is 0 Å². The van der Waals surface area contributed by atoms with E-state index in [1.165, 1.54) is 18.4 Å². The maximum absolute atomic E-state index is 5.94. The van der Waals surface area contributed by atoms with Crippen LogP contribution >= 0.6 is 27.5 Å². The summed E-state index contributed by atoms with van der Waals surface area (Å²) < 4.78 is 3.28. The lowest BCUT2D eigenvalue weighted by atomic mass is 10.1. The molecule has 0 atom stereocenters. The highest BCUT2D eigenvalue weighted by atomic mass is 79.9. The molecule has 0 bridgehead atoms. The number of hydrogen-bond donors (Lipinski definition) is 0. The van der Waals surface area contributed by atoms with Crippen molar-refractivity contribution < 1.29 is 0 Å². The van der Waals surface area contributed by atoms with E-state index in [0.29, 0.717) is 11.9 Å². The van der Waals surface area contributed by atoms with E-state index in [1.54, 1.807) is 0 Å². The molecule has 1 aliphatic rings. The van der Waals surface area contributed by atoms with Gasteiger partial charge in [-0.2, -0.15) is 0 Å². The van der Waals surface area contributed by atoms with Crippen LogP contribution in [0.25, 0.3) is 11.4 Å². The molecule has 3 rings (SSSR count). The van der Waals surface area contributed by atoms with Gasteiger partial charge in [-0.1, -0.05) is 15.9 Å². The third kappa shape index (κ3) is 2.08. The first-order valence-electron chi connectivity index (χ1n) is 5.97. The highest BCUT2D eigenvalue weighted by molar-refractivity contribution is 9.10. The van der Waals surface area contributed by atoms with Gasteiger partial charge in [-0.25, -0.2) is 0 Å². The van der Waals surface area contributed by atoms with Crippen LogP contribution in [-0.4, -0.2) is 14.8 Å². The molecular formula is C13H13BrClN3. The number of alkyl halides is 1. The number of benzene rings is 1. The third-order valence-electron chi connectivity index (χ3n) is 3.23. The summed E-state index contributed by atoms with van der Waals surface area (Å²) in [6, 6.07) is 6.75. The van der Waals surface area contributed by atoms with E-state index >= 15 is 0 Å². The van der Waals surface area contributed by atoms with Gasteiger partial charge in [-0.3, -0.25) is 0 Å². The molecule has 0 unspecified atom stereocenters. The first-order chi connectivity index (χ1) is 8.70. The van der Waals surface area contributed by atoms with Gasteiger partial charge in [0.1, 0.15) is 5.82 Å². The fourth-order valence-electron chi connectivity index (χ4n) is 2.19. The van der Waals surface area contributed by atoms with E-state index in [4.69, 9.17) is 11.6 Å².